The van der Waals surface area contributed by atoms with Gasteiger partial charge in [-0.05, 0) is 140 Å². The third kappa shape index (κ3) is 12.8. The standard InChI is InChI=1S/C90H90N3P/c1-85(2,67-31-19-13-20-32-67)73-43-55-79(56-44-73)91(80-57-45-74(46-58-80)86(3,4)68-33-21-14-22-34-68)94(92(81-59-47-75(48-60-81)87(5,6)69-35-23-15-24-36-69)82-61-49-76(50-62-82)88(7,8)70-37-25-16-26-38-70)93(83-63-51-77(52-64-83)89(9,10)71-39-27-17-28-40-71)84-65-53-78(54-66-84)90(11,12)72-41-29-18-30-42-72/h13-66H,1-12H3. The van der Waals surface area contributed by atoms with E-state index in [4.69, 9.17) is 0 Å². The molecule has 0 aliphatic heterocycles. The minimum atomic E-state index is -1.80. The predicted molar refractivity (Wildman–Crippen MR) is 403 cm³/mol. The van der Waals surface area contributed by atoms with E-state index >= 15 is 0 Å². The molecule has 0 saturated heterocycles. The molecule has 4 heteroatoms. The third-order valence-electron chi connectivity index (χ3n) is 20.5. The molecule has 12 rings (SSSR count). The Morgan fingerprint density at radius 2 is 0.255 bits per heavy atom. The van der Waals surface area contributed by atoms with Crippen LogP contribution in [0.1, 0.15) is 150 Å². The Kier molecular flexibility index (Phi) is 18.2. The van der Waals surface area contributed by atoms with Crippen LogP contribution >= 0.6 is 8.37 Å². The van der Waals surface area contributed by atoms with Gasteiger partial charge in [-0.25, -0.2) is 0 Å². The van der Waals surface area contributed by atoms with Crippen LogP contribution in [0.15, 0.2) is 328 Å². The van der Waals surface area contributed by atoms with Crippen LogP contribution in [-0.2, 0) is 32.5 Å². The average molecular weight is 1240 g/mol. The number of hydrogen-bond acceptors (Lipinski definition) is 3. The lowest BCUT2D eigenvalue weighted by molar-refractivity contribution is 0.640. The summed E-state index contributed by atoms with van der Waals surface area (Å²) in [6, 6.07) is 122. The van der Waals surface area contributed by atoms with Crippen LogP contribution in [0.4, 0.5) is 34.1 Å². The Morgan fingerprint density at radius 3 is 0.372 bits per heavy atom. The summed E-state index contributed by atoms with van der Waals surface area (Å²) in [5.74, 6) is 0. The van der Waals surface area contributed by atoms with Crippen molar-refractivity contribution in [2.75, 3.05) is 14.0 Å². The molecule has 0 aromatic heterocycles. The quantitative estimate of drug-likeness (QED) is 0.0664. The van der Waals surface area contributed by atoms with Crippen LogP contribution in [0.5, 0.6) is 0 Å². The highest BCUT2D eigenvalue weighted by Crippen LogP contribution is 2.63. The van der Waals surface area contributed by atoms with Gasteiger partial charge >= 0.3 is 0 Å². The summed E-state index contributed by atoms with van der Waals surface area (Å²) >= 11 is 0. The number of nitrogens with zero attached hydrogens (tertiary/aromatic N) is 3. The van der Waals surface area contributed by atoms with E-state index in [9.17, 15) is 0 Å². The fourth-order valence-corrected chi connectivity index (χ4v) is 16.2. The van der Waals surface area contributed by atoms with E-state index in [1.807, 2.05) is 0 Å². The van der Waals surface area contributed by atoms with Gasteiger partial charge in [0.05, 0.1) is 0 Å². The van der Waals surface area contributed by atoms with Gasteiger partial charge in [0, 0.05) is 66.6 Å². The average Bonchev–Trinajstić information content (AvgIpc) is 0.744. The van der Waals surface area contributed by atoms with E-state index in [1.165, 1.54) is 66.8 Å². The van der Waals surface area contributed by atoms with Crippen LogP contribution in [0.25, 0.3) is 0 Å². The minimum absolute atomic E-state index is 0.271. The topological polar surface area (TPSA) is 9.72 Å². The number of hydrogen-bond donors (Lipinski definition) is 0. The summed E-state index contributed by atoms with van der Waals surface area (Å²) in [4.78, 5) is 0. The molecule has 0 radical (unpaired) electrons. The molecular weight excluding hydrogens is 1150 g/mol. The Balaban J connectivity index is 1.16. The molecule has 94 heavy (non-hydrogen) atoms. The fourth-order valence-electron chi connectivity index (χ4n) is 13.6. The number of rotatable bonds is 21. The summed E-state index contributed by atoms with van der Waals surface area (Å²) in [5.41, 5.74) is 19.8. The molecule has 12 aromatic rings. The summed E-state index contributed by atoms with van der Waals surface area (Å²) in [6.07, 6.45) is 0. The molecule has 0 N–H and O–H groups in total. The lowest BCUT2D eigenvalue weighted by Gasteiger charge is -2.47. The maximum Gasteiger partial charge on any atom is 0.222 e. The molecule has 12 aromatic carbocycles. The van der Waals surface area contributed by atoms with Crippen LogP contribution in [0.3, 0.4) is 0 Å². The predicted octanol–water partition coefficient (Wildman–Crippen LogP) is 24.7. The van der Waals surface area contributed by atoms with Crippen molar-refractivity contribution >= 4 is 42.5 Å². The van der Waals surface area contributed by atoms with Gasteiger partial charge in [0.15, 0.2) is 0 Å². The Labute approximate surface area is 563 Å². The molecular formula is C90H90N3P. The van der Waals surface area contributed by atoms with E-state index in [2.05, 4.69) is 425 Å². The SMILES string of the molecule is CC(C)(c1ccccc1)c1ccc(N(c2ccc(C(C)(C)c3ccccc3)cc2)P(N(c2ccc(C(C)(C)c3ccccc3)cc2)c2ccc(C(C)(C)c3ccccc3)cc2)N(c2ccc(C(C)(C)c3ccccc3)cc2)c2ccc(C(C)(C)c3ccccc3)cc2)cc1. The highest BCUT2D eigenvalue weighted by molar-refractivity contribution is 7.64. The first-order chi connectivity index (χ1) is 45.2. The van der Waals surface area contributed by atoms with E-state index in [0.29, 0.717) is 0 Å². The summed E-state index contributed by atoms with van der Waals surface area (Å²) in [5, 5.41) is 0. The van der Waals surface area contributed by atoms with Crippen molar-refractivity contribution < 1.29 is 0 Å². The Bertz CT molecular complexity index is 3650. The molecule has 0 unspecified atom stereocenters. The molecule has 0 aliphatic carbocycles. The van der Waals surface area contributed by atoms with Gasteiger partial charge in [0.1, 0.15) is 0 Å². The van der Waals surface area contributed by atoms with Gasteiger partial charge in [-0.3, -0.25) is 14.0 Å². The zero-order valence-electron chi connectivity index (χ0n) is 57.0. The van der Waals surface area contributed by atoms with Gasteiger partial charge in [-0.1, -0.05) is 338 Å². The molecule has 0 heterocycles. The summed E-state index contributed by atoms with van der Waals surface area (Å²) in [6.45, 7) is 28.1. The monoisotopic (exact) mass is 1240 g/mol. The van der Waals surface area contributed by atoms with Crippen molar-refractivity contribution in [3.8, 4) is 0 Å². The molecule has 0 atom stereocenters. The lowest BCUT2D eigenvalue weighted by Crippen LogP contribution is -2.32. The highest BCUT2D eigenvalue weighted by atomic mass is 31.2. The van der Waals surface area contributed by atoms with Crippen LogP contribution < -0.4 is 14.0 Å². The van der Waals surface area contributed by atoms with Crippen molar-refractivity contribution in [2.45, 2.75) is 116 Å². The minimum Gasteiger partial charge on any atom is -0.285 e. The van der Waals surface area contributed by atoms with Crippen LogP contribution in [0.2, 0.25) is 0 Å². The smallest absolute Gasteiger partial charge is 0.222 e. The van der Waals surface area contributed by atoms with Gasteiger partial charge < -0.3 is 0 Å². The molecule has 470 valence electrons. The number of anilines is 6. The van der Waals surface area contributed by atoms with Gasteiger partial charge in [-0.2, -0.15) is 0 Å². The van der Waals surface area contributed by atoms with E-state index in [0.717, 1.165) is 34.1 Å². The molecule has 0 aliphatic rings. The third-order valence-corrected chi connectivity index (χ3v) is 23.0. The highest BCUT2D eigenvalue weighted by Gasteiger charge is 2.40. The second-order valence-electron chi connectivity index (χ2n) is 28.4. The van der Waals surface area contributed by atoms with Gasteiger partial charge in [-0.15, -0.1) is 0 Å². The van der Waals surface area contributed by atoms with Crippen LogP contribution in [-0.4, -0.2) is 0 Å². The second-order valence-corrected chi connectivity index (χ2v) is 30.2. The van der Waals surface area contributed by atoms with Crippen LogP contribution in [0, 0.1) is 0 Å². The molecule has 3 nitrogen and oxygen atoms in total. The first kappa shape index (κ1) is 64.6. The molecule has 0 bridgehead atoms. The van der Waals surface area contributed by atoms with Crippen molar-refractivity contribution in [3.63, 3.8) is 0 Å². The number of benzene rings is 12. The molecule has 0 spiro atoms. The van der Waals surface area contributed by atoms with Crippen molar-refractivity contribution in [3.05, 3.63) is 394 Å². The van der Waals surface area contributed by atoms with Gasteiger partial charge in [0.2, 0.25) is 8.37 Å². The molecule has 0 fully saturated rings. The second kappa shape index (κ2) is 26.5. The first-order valence-corrected chi connectivity index (χ1v) is 34.5. The zero-order chi connectivity index (χ0) is 65.9. The fraction of sp³-hybridized carbons (Fsp3) is 0.200. The Morgan fingerprint density at radius 1 is 0.149 bits per heavy atom. The lowest BCUT2D eigenvalue weighted by atomic mass is 9.78. The van der Waals surface area contributed by atoms with E-state index in [1.54, 1.807) is 0 Å². The summed E-state index contributed by atoms with van der Waals surface area (Å²) in [7, 11) is -1.80. The van der Waals surface area contributed by atoms with Crippen molar-refractivity contribution in [1.82, 2.24) is 0 Å². The zero-order valence-corrected chi connectivity index (χ0v) is 57.9. The summed E-state index contributed by atoms with van der Waals surface area (Å²) < 4.78 is 7.96. The van der Waals surface area contributed by atoms with Crippen molar-refractivity contribution in [2.24, 2.45) is 0 Å². The van der Waals surface area contributed by atoms with Crippen molar-refractivity contribution in [1.29, 1.82) is 0 Å². The maximum atomic E-state index is 2.65. The molecule has 0 amide bonds. The van der Waals surface area contributed by atoms with E-state index < -0.39 is 8.37 Å². The first-order valence-electron chi connectivity index (χ1n) is 33.3. The maximum absolute atomic E-state index is 2.65. The molecule has 0 saturated carbocycles. The Hall–Kier alpha value is -9.53. The largest absolute Gasteiger partial charge is 0.285 e. The van der Waals surface area contributed by atoms with E-state index in [-0.39, 0.29) is 32.5 Å². The van der Waals surface area contributed by atoms with Gasteiger partial charge in [0.25, 0.3) is 0 Å². The normalized spacial score (nSPS) is 12.4.